The van der Waals surface area contributed by atoms with Gasteiger partial charge in [-0.15, -0.1) is 0 Å². The van der Waals surface area contributed by atoms with Crippen LogP contribution in [0.4, 0.5) is 0 Å². The fraction of sp³-hybridized carbons (Fsp3) is 0.100. The zero-order valence-electron chi connectivity index (χ0n) is 7.01. The topological polar surface area (TPSA) is 23.8 Å². The van der Waals surface area contributed by atoms with Crippen LogP contribution in [-0.4, -0.2) is 0 Å². The van der Waals surface area contributed by atoms with Crippen molar-refractivity contribution < 1.29 is 0 Å². The standard InChI is InChI=1S/C10H7Cl2N/c1-7(6-13)4-8-2-3-9(11)5-10(8)12/h2-5H,1H3. The van der Waals surface area contributed by atoms with E-state index in [9.17, 15) is 0 Å². The molecule has 1 nitrogen and oxygen atoms in total. The molecule has 1 aromatic carbocycles. The number of hydrogen-bond donors (Lipinski definition) is 0. The largest absolute Gasteiger partial charge is 0.193 e. The number of benzene rings is 1. The summed E-state index contributed by atoms with van der Waals surface area (Å²) < 4.78 is 0. The summed E-state index contributed by atoms with van der Waals surface area (Å²) >= 11 is 11.6. The highest BCUT2D eigenvalue weighted by Gasteiger charge is 1.98. The number of hydrogen-bond acceptors (Lipinski definition) is 1. The third-order valence-corrected chi connectivity index (χ3v) is 2.07. The Hall–Kier alpha value is -0.970. The Morgan fingerprint density at radius 2 is 2.15 bits per heavy atom. The van der Waals surface area contributed by atoms with E-state index in [1.165, 1.54) is 0 Å². The summed E-state index contributed by atoms with van der Waals surface area (Å²) in [6, 6.07) is 7.20. The predicted octanol–water partition coefficient (Wildman–Crippen LogP) is 3.92. The molecule has 66 valence electrons. The summed E-state index contributed by atoms with van der Waals surface area (Å²) in [5.74, 6) is 0. The molecule has 0 fully saturated rings. The molecule has 0 aromatic heterocycles. The lowest BCUT2D eigenvalue weighted by Gasteiger charge is -1.98. The van der Waals surface area contributed by atoms with Crippen molar-refractivity contribution in [3.63, 3.8) is 0 Å². The molecule has 0 heterocycles. The van der Waals surface area contributed by atoms with Crippen LogP contribution >= 0.6 is 23.2 Å². The third-order valence-electron chi connectivity index (χ3n) is 1.51. The number of nitrogens with zero attached hydrogens (tertiary/aromatic N) is 1. The second kappa shape index (κ2) is 4.32. The van der Waals surface area contributed by atoms with Crippen LogP contribution in [0, 0.1) is 11.3 Å². The van der Waals surface area contributed by atoms with Gasteiger partial charge in [-0.3, -0.25) is 0 Å². The van der Waals surface area contributed by atoms with Gasteiger partial charge in [-0.05, 0) is 30.7 Å². The third kappa shape index (κ3) is 2.77. The molecule has 0 amide bonds. The Bertz CT molecular complexity index is 388. The van der Waals surface area contributed by atoms with E-state index >= 15 is 0 Å². The van der Waals surface area contributed by atoms with Crippen LogP contribution in [0.15, 0.2) is 23.8 Å². The fourth-order valence-corrected chi connectivity index (χ4v) is 1.35. The van der Waals surface area contributed by atoms with Gasteiger partial charge in [-0.1, -0.05) is 29.3 Å². The zero-order chi connectivity index (χ0) is 9.84. The summed E-state index contributed by atoms with van der Waals surface area (Å²) in [7, 11) is 0. The van der Waals surface area contributed by atoms with Crippen molar-refractivity contribution in [2.24, 2.45) is 0 Å². The Kier molecular flexibility index (Phi) is 3.36. The molecule has 0 N–H and O–H groups in total. The van der Waals surface area contributed by atoms with Gasteiger partial charge in [0.15, 0.2) is 0 Å². The number of nitriles is 1. The minimum atomic E-state index is 0.558. The van der Waals surface area contributed by atoms with Gasteiger partial charge in [0, 0.05) is 15.6 Å². The average molecular weight is 212 g/mol. The zero-order valence-corrected chi connectivity index (χ0v) is 8.52. The van der Waals surface area contributed by atoms with E-state index in [-0.39, 0.29) is 0 Å². The summed E-state index contributed by atoms with van der Waals surface area (Å²) in [6.07, 6.45) is 1.72. The fourth-order valence-electron chi connectivity index (χ4n) is 0.884. The molecule has 0 bridgehead atoms. The number of halogens is 2. The number of allylic oxidation sites excluding steroid dienone is 1. The van der Waals surface area contributed by atoms with Gasteiger partial charge >= 0.3 is 0 Å². The lowest BCUT2D eigenvalue weighted by atomic mass is 10.1. The Labute approximate surface area is 87.2 Å². The van der Waals surface area contributed by atoms with Crippen molar-refractivity contribution in [3.05, 3.63) is 39.4 Å². The lowest BCUT2D eigenvalue weighted by Crippen LogP contribution is -1.76. The molecule has 0 unspecified atom stereocenters. The van der Waals surface area contributed by atoms with Gasteiger partial charge in [0.2, 0.25) is 0 Å². The van der Waals surface area contributed by atoms with Crippen LogP contribution in [0.3, 0.4) is 0 Å². The van der Waals surface area contributed by atoms with Gasteiger partial charge in [0.25, 0.3) is 0 Å². The average Bonchev–Trinajstić information content (AvgIpc) is 2.09. The molecule has 0 radical (unpaired) electrons. The van der Waals surface area contributed by atoms with Crippen LogP contribution in [0.2, 0.25) is 10.0 Å². The molecule has 0 saturated heterocycles. The quantitative estimate of drug-likeness (QED) is 0.647. The Balaban J connectivity index is 3.12. The molecule has 1 rings (SSSR count). The Morgan fingerprint density at radius 1 is 1.46 bits per heavy atom. The molecule has 0 saturated carbocycles. The van der Waals surface area contributed by atoms with Gasteiger partial charge < -0.3 is 0 Å². The first-order valence-electron chi connectivity index (χ1n) is 3.67. The smallest absolute Gasteiger partial charge is 0.0944 e. The molecule has 1 aromatic rings. The molecular weight excluding hydrogens is 205 g/mol. The minimum absolute atomic E-state index is 0.558. The number of rotatable bonds is 1. The van der Waals surface area contributed by atoms with Crippen molar-refractivity contribution in [1.29, 1.82) is 5.26 Å². The summed E-state index contributed by atoms with van der Waals surface area (Å²) in [5, 5.41) is 9.71. The second-order valence-corrected chi connectivity index (χ2v) is 3.45. The molecule has 0 aliphatic heterocycles. The van der Waals surface area contributed by atoms with Crippen molar-refractivity contribution in [2.75, 3.05) is 0 Å². The first-order chi connectivity index (χ1) is 6.13. The summed E-state index contributed by atoms with van der Waals surface area (Å²) in [4.78, 5) is 0. The van der Waals surface area contributed by atoms with Crippen molar-refractivity contribution in [2.45, 2.75) is 6.92 Å². The van der Waals surface area contributed by atoms with E-state index in [0.717, 1.165) is 5.56 Å². The maximum Gasteiger partial charge on any atom is 0.0944 e. The van der Waals surface area contributed by atoms with Gasteiger partial charge in [-0.2, -0.15) is 5.26 Å². The van der Waals surface area contributed by atoms with Crippen LogP contribution in [0.25, 0.3) is 6.08 Å². The molecule has 3 heteroatoms. The normalized spacial score (nSPS) is 11.1. The van der Waals surface area contributed by atoms with Crippen LogP contribution < -0.4 is 0 Å². The van der Waals surface area contributed by atoms with E-state index in [1.807, 2.05) is 6.07 Å². The highest BCUT2D eigenvalue weighted by Crippen LogP contribution is 2.22. The highest BCUT2D eigenvalue weighted by atomic mass is 35.5. The highest BCUT2D eigenvalue weighted by molar-refractivity contribution is 6.35. The van der Waals surface area contributed by atoms with Gasteiger partial charge in [0.1, 0.15) is 0 Å². The Morgan fingerprint density at radius 3 is 2.69 bits per heavy atom. The minimum Gasteiger partial charge on any atom is -0.193 e. The predicted molar refractivity (Wildman–Crippen MR) is 55.7 cm³/mol. The summed E-state index contributed by atoms with van der Waals surface area (Å²) in [6.45, 7) is 1.73. The molecule has 0 aliphatic rings. The molecule has 0 spiro atoms. The second-order valence-electron chi connectivity index (χ2n) is 2.60. The molecule has 0 aliphatic carbocycles. The van der Waals surface area contributed by atoms with Crippen molar-refractivity contribution in [3.8, 4) is 6.07 Å². The SMILES string of the molecule is CC(C#N)=Cc1ccc(Cl)cc1Cl. The molecular formula is C10H7Cl2N. The van der Waals surface area contributed by atoms with Gasteiger partial charge in [-0.25, -0.2) is 0 Å². The first-order valence-corrected chi connectivity index (χ1v) is 4.42. The van der Waals surface area contributed by atoms with E-state index in [0.29, 0.717) is 15.6 Å². The van der Waals surface area contributed by atoms with Crippen molar-refractivity contribution in [1.82, 2.24) is 0 Å². The first kappa shape index (κ1) is 10.1. The van der Waals surface area contributed by atoms with Crippen LogP contribution in [0.1, 0.15) is 12.5 Å². The lowest BCUT2D eigenvalue weighted by molar-refractivity contribution is 1.46. The van der Waals surface area contributed by atoms with Gasteiger partial charge in [0.05, 0.1) is 6.07 Å². The van der Waals surface area contributed by atoms with Crippen LogP contribution in [-0.2, 0) is 0 Å². The monoisotopic (exact) mass is 211 g/mol. The molecule has 0 atom stereocenters. The van der Waals surface area contributed by atoms with Crippen LogP contribution in [0.5, 0.6) is 0 Å². The van der Waals surface area contributed by atoms with E-state index in [2.05, 4.69) is 0 Å². The maximum absolute atomic E-state index is 8.55. The van der Waals surface area contributed by atoms with E-state index in [4.69, 9.17) is 28.5 Å². The van der Waals surface area contributed by atoms with E-state index in [1.54, 1.807) is 31.2 Å². The molecule has 13 heavy (non-hydrogen) atoms. The van der Waals surface area contributed by atoms with E-state index < -0.39 is 0 Å². The maximum atomic E-state index is 8.55. The van der Waals surface area contributed by atoms with Crippen molar-refractivity contribution >= 4 is 29.3 Å². The summed E-state index contributed by atoms with van der Waals surface area (Å²) in [5.41, 5.74) is 1.43.